The van der Waals surface area contributed by atoms with Crippen molar-refractivity contribution in [3.8, 4) is 0 Å². The summed E-state index contributed by atoms with van der Waals surface area (Å²) in [7, 11) is 0. The number of nitrogen functional groups attached to an aromatic ring is 1. The van der Waals surface area contributed by atoms with Gasteiger partial charge in [0.15, 0.2) is 0 Å². The van der Waals surface area contributed by atoms with Crippen LogP contribution in [0.5, 0.6) is 0 Å². The molecule has 0 radical (unpaired) electrons. The van der Waals surface area contributed by atoms with E-state index in [9.17, 15) is 4.79 Å². The lowest BCUT2D eigenvalue weighted by Gasteiger charge is -1.86. The lowest BCUT2D eigenvalue weighted by atomic mass is 10.2. The molecule has 0 aromatic carbocycles. The van der Waals surface area contributed by atoms with Crippen LogP contribution >= 0.6 is 22.7 Å². The van der Waals surface area contributed by atoms with Crippen molar-refractivity contribution in [2.45, 2.75) is 0 Å². The molecule has 14 heavy (non-hydrogen) atoms. The molecule has 3 aromatic rings. The van der Waals surface area contributed by atoms with Crippen LogP contribution in [0.4, 0.5) is 5.00 Å². The second kappa shape index (κ2) is 2.59. The van der Waals surface area contributed by atoms with Gasteiger partial charge in [0.25, 0.3) is 0 Å². The number of rotatable bonds is 0. The fraction of sp³-hybridized carbons (Fsp3) is 0. The molecule has 3 heterocycles. The predicted molar refractivity (Wildman–Crippen MR) is 62.2 cm³/mol. The number of pyridine rings is 1. The van der Waals surface area contributed by atoms with Crippen molar-refractivity contribution in [2.24, 2.45) is 0 Å². The second-order valence-corrected chi connectivity index (χ2v) is 5.42. The van der Waals surface area contributed by atoms with Crippen LogP contribution in [0.3, 0.4) is 0 Å². The first-order valence-corrected chi connectivity index (χ1v) is 5.67. The standard InChI is InChI=1S/C9H6N2OS2/c10-7-1-5-4-2-8(12)11-3-6(4)13-9(5)14-7/h1-3H,10H2,(H,11,12). The molecule has 0 unspecified atom stereocenters. The minimum Gasteiger partial charge on any atom is -0.391 e. The van der Waals surface area contributed by atoms with Crippen molar-refractivity contribution in [1.82, 2.24) is 4.98 Å². The van der Waals surface area contributed by atoms with Gasteiger partial charge in [-0.05, 0) is 6.07 Å². The van der Waals surface area contributed by atoms with Crippen molar-refractivity contribution in [2.75, 3.05) is 5.73 Å². The number of hydrogen-bond acceptors (Lipinski definition) is 4. The Morgan fingerprint density at radius 1 is 1.21 bits per heavy atom. The van der Waals surface area contributed by atoms with Crippen molar-refractivity contribution < 1.29 is 0 Å². The Kier molecular flexibility index (Phi) is 1.48. The zero-order valence-electron chi connectivity index (χ0n) is 7.03. The maximum absolute atomic E-state index is 11.2. The highest BCUT2D eigenvalue weighted by atomic mass is 32.2. The van der Waals surface area contributed by atoms with E-state index in [0.717, 1.165) is 20.5 Å². The van der Waals surface area contributed by atoms with Crippen LogP contribution in [0.25, 0.3) is 19.5 Å². The topological polar surface area (TPSA) is 58.9 Å². The first-order chi connectivity index (χ1) is 6.74. The maximum atomic E-state index is 11.2. The molecule has 0 atom stereocenters. The van der Waals surface area contributed by atoms with Crippen LogP contribution in [0.1, 0.15) is 0 Å². The Hall–Kier alpha value is -1.33. The highest BCUT2D eigenvalue weighted by Gasteiger charge is 2.07. The number of thiophene rings is 2. The zero-order valence-corrected chi connectivity index (χ0v) is 8.67. The monoisotopic (exact) mass is 222 g/mol. The smallest absolute Gasteiger partial charge is 0.248 e. The number of fused-ring (bicyclic) bond motifs is 3. The van der Waals surface area contributed by atoms with Crippen molar-refractivity contribution in [3.63, 3.8) is 0 Å². The van der Waals surface area contributed by atoms with Gasteiger partial charge in [-0.3, -0.25) is 4.79 Å². The van der Waals surface area contributed by atoms with Gasteiger partial charge in [-0.2, -0.15) is 0 Å². The summed E-state index contributed by atoms with van der Waals surface area (Å²) >= 11 is 3.22. The molecule has 0 aliphatic heterocycles. The first-order valence-electron chi connectivity index (χ1n) is 4.04. The van der Waals surface area contributed by atoms with Crippen LogP contribution in [0, 0.1) is 0 Å². The van der Waals surface area contributed by atoms with Gasteiger partial charge in [0.2, 0.25) is 5.56 Å². The molecule has 3 N–H and O–H groups in total. The van der Waals surface area contributed by atoms with Crippen molar-refractivity contribution in [1.29, 1.82) is 0 Å². The van der Waals surface area contributed by atoms with E-state index in [0.29, 0.717) is 0 Å². The van der Waals surface area contributed by atoms with Crippen LogP contribution < -0.4 is 11.3 Å². The average molecular weight is 222 g/mol. The number of anilines is 1. The number of hydrogen-bond donors (Lipinski definition) is 2. The molecule has 3 nitrogen and oxygen atoms in total. The predicted octanol–water partition coefficient (Wildman–Crippen LogP) is 2.39. The van der Waals surface area contributed by atoms with Gasteiger partial charge in [0.1, 0.15) is 0 Å². The molecule has 3 aromatic heterocycles. The number of aromatic nitrogens is 1. The minimum atomic E-state index is -0.0676. The van der Waals surface area contributed by atoms with E-state index in [4.69, 9.17) is 5.73 Å². The summed E-state index contributed by atoms with van der Waals surface area (Å²) in [6.45, 7) is 0. The summed E-state index contributed by atoms with van der Waals surface area (Å²) in [5, 5.41) is 2.90. The number of H-pyrrole nitrogens is 1. The summed E-state index contributed by atoms with van der Waals surface area (Å²) < 4.78 is 2.28. The number of nitrogens with two attached hydrogens (primary N) is 1. The summed E-state index contributed by atoms with van der Waals surface area (Å²) in [6, 6.07) is 3.55. The van der Waals surface area contributed by atoms with E-state index in [1.54, 1.807) is 34.9 Å². The van der Waals surface area contributed by atoms with Crippen molar-refractivity contribution >= 4 is 47.2 Å². The molecule has 0 fully saturated rings. The van der Waals surface area contributed by atoms with E-state index in [2.05, 4.69) is 4.98 Å². The molecular formula is C9H6N2OS2. The van der Waals surface area contributed by atoms with Crippen molar-refractivity contribution in [3.05, 3.63) is 28.7 Å². The molecule has 0 bridgehead atoms. The van der Waals surface area contributed by atoms with Gasteiger partial charge in [0, 0.05) is 23.0 Å². The Morgan fingerprint density at radius 2 is 2.07 bits per heavy atom. The summed E-state index contributed by atoms with van der Waals surface area (Å²) in [6.07, 6.45) is 1.76. The lowest BCUT2D eigenvalue weighted by molar-refractivity contribution is 1.27. The number of aromatic amines is 1. The minimum absolute atomic E-state index is 0.0676. The largest absolute Gasteiger partial charge is 0.391 e. The maximum Gasteiger partial charge on any atom is 0.248 e. The molecule has 0 spiro atoms. The van der Waals surface area contributed by atoms with Gasteiger partial charge in [-0.25, -0.2) is 0 Å². The van der Waals surface area contributed by atoms with E-state index in [1.807, 2.05) is 6.07 Å². The highest BCUT2D eigenvalue weighted by molar-refractivity contribution is 7.43. The third kappa shape index (κ3) is 0.995. The van der Waals surface area contributed by atoms with Gasteiger partial charge < -0.3 is 10.7 Å². The quantitative estimate of drug-likeness (QED) is 0.613. The molecule has 0 saturated carbocycles. The summed E-state index contributed by atoms with van der Waals surface area (Å²) in [4.78, 5) is 13.8. The molecule has 5 heteroatoms. The van der Waals surface area contributed by atoms with Crippen LogP contribution in [0.2, 0.25) is 0 Å². The third-order valence-electron chi connectivity index (χ3n) is 2.10. The Morgan fingerprint density at radius 3 is 2.93 bits per heavy atom. The van der Waals surface area contributed by atoms with E-state index < -0.39 is 0 Å². The van der Waals surface area contributed by atoms with Gasteiger partial charge >= 0.3 is 0 Å². The SMILES string of the molecule is Nc1cc2c(s1)sc1c[nH]c(=O)cc12. The van der Waals surface area contributed by atoms with E-state index in [-0.39, 0.29) is 5.56 Å². The molecule has 0 amide bonds. The van der Waals surface area contributed by atoms with E-state index in [1.165, 1.54) is 4.01 Å². The molecule has 0 aliphatic carbocycles. The number of nitrogens with one attached hydrogen (secondary N) is 1. The summed E-state index contributed by atoms with van der Waals surface area (Å²) in [5.41, 5.74) is 5.64. The zero-order chi connectivity index (χ0) is 9.71. The lowest BCUT2D eigenvalue weighted by Crippen LogP contribution is -2.00. The first kappa shape index (κ1) is 8.02. The average Bonchev–Trinajstić information content (AvgIpc) is 2.62. The third-order valence-corrected chi connectivity index (χ3v) is 4.32. The van der Waals surface area contributed by atoms with Crippen LogP contribution in [-0.2, 0) is 0 Å². The Labute approximate surface area is 86.8 Å². The molecule has 0 aliphatic rings. The second-order valence-electron chi connectivity index (χ2n) is 3.03. The van der Waals surface area contributed by atoms with Gasteiger partial charge in [0.05, 0.1) is 13.7 Å². The van der Waals surface area contributed by atoms with Gasteiger partial charge in [-0.15, -0.1) is 22.7 Å². The van der Waals surface area contributed by atoms with E-state index >= 15 is 0 Å². The van der Waals surface area contributed by atoms with Crippen LogP contribution in [-0.4, -0.2) is 4.98 Å². The fourth-order valence-electron chi connectivity index (χ4n) is 1.51. The summed E-state index contributed by atoms with van der Waals surface area (Å²) in [5.74, 6) is 0. The van der Waals surface area contributed by atoms with Gasteiger partial charge in [-0.1, -0.05) is 0 Å². The fourth-order valence-corrected chi connectivity index (χ4v) is 3.78. The molecule has 3 rings (SSSR count). The Bertz CT molecular complexity index is 677. The Balaban J connectivity index is 2.61. The highest BCUT2D eigenvalue weighted by Crippen LogP contribution is 2.39. The normalized spacial score (nSPS) is 11.4. The van der Waals surface area contributed by atoms with Crippen LogP contribution in [0.15, 0.2) is 23.1 Å². The molecule has 70 valence electrons. The molecule has 0 saturated heterocycles. The molecular weight excluding hydrogens is 216 g/mol.